The van der Waals surface area contributed by atoms with Crippen LogP contribution >= 0.6 is 0 Å². The molecule has 0 saturated heterocycles. The first-order chi connectivity index (χ1) is 12.7. The molecule has 3 nitrogen and oxygen atoms in total. The molecule has 0 aliphatic rings. The van der Waals surface area contributed by atoms with Gasteiger partial charge in [-0.3, -0.25) is 0 Å². The van der Waals surface area contributed by atoms with Crippen LogP contribution in [-0.2, 0) is 14.2 Å². The molecule has 0 rings (SSSR count). The van der Waals surface area contributed by atoms with E-state index in [9.17, 15) is 0 Å². The summed E-state index contributed by atoms with van der Waals surface area (Å²) in [7, 11) is 3.59. The van der Waals surface area contributed by atoms with Crippen molar-refractivity contribution in [1.82, 2.24) is 0 Å². The summed E-state index contributed by atoms with van der Waals surface area (Å²) < 4.78 is 17.2. The van der Waals surface area contributed by atoms with Crippen LogP contribution in [-0.4, -0.2) is 33.2 Å². The van der Waals surface area contributed by atoms with Crippen LogP contribution in [0.2, 0.25) is 0 Å². The van der Waals surface area contributed by atoms with Gasteiger partial charge < -0.3 is 14.2 Å². The molecule has 3 heteroatoms. The van der Waals surface area contributed by atoms with E-state index in [4.69, 9.17) is 14.2 Å². The fourth-order valence-corrected chi connectivity index (χ4v) is 3.48. The summed E-state index contributed by atoms with van der Waals surface area (Å²) in [5, 5.41) is 0. The van der Waals surface area contributed by atoms with Gasteiger partial charge in [-0.2, -0.15) is 0 Å². The Labute approximate surface area is 164 Å². The zero-order valence-electron chi connectivity index (χ0n) is 18.5. The van der Waals surface area contributed by atoms with Gasteiger partial charge in [0.1, 0.15) is 0 Å². The van der Waals surface area contributed by atoms with Crippen molar-refractivity contribution in [3.63, 3.8) is 0 Å². The molecule has 0 spiro atoms. The van der Waals surface area contributed by atoms with Crippen LogP contribution in [0.1, 0.15) is 117 Å². The van der Waals surface area contributed by atoms with Crippen LogP contribution < -0.4 is 0 Å². The van der Waals surface area contributed by atoms with Gasteiger partial charge in [-0.1, -0.05) is 78.1 Å². The number of hydrogen-bond acceptors (Lipinski definition) is 3. The van der Waals surface area contributed by atoms with Crippen molar-refractivity contribution in [2.75, 3.05) is 27.4 Å². The number of rotatable bonds is 21. The van der Waals surface area contributed by atoms with Gasteiger partial charge in [0.2, 0.25) is 0 Å². The number of ether oxygens (including phenoxy) is 3. The molecule has 0 unspecified atom stereocenters. The van der Waals surface area contributed by atoms with E-state index in [1.165, 1.54) is 89.9 Å². The summed E-state index contributed by atoms with van der Waals surface area (Å²) >= 11 is 0. The maximum atomic E-state index is 5.74. The highest BCUT2D eigenvalue weighted by molar-refractivity contribution is 4.69. The minimum absolute atomic E-state index is 0.348. The first-order valence-corrected chi connectivity index (χ1v) is 11.4. The monoisotopic (exact) mass is 372 g/mol. The van der Waals surface area contributed by atoms with Gasteiger partial charge in [-0.25, -0.2) is 0 Å². The van der Waals surface area contributed by atoms with Gasteiger partial charge >= 0.3 is 0 Å². The molecule has 0 bridgehead atoms. The predicted octanol–water partition coefficient (Wildman–Crippen LogP) is 7.27. The maximum Gasteiger partial charge on any atom is 0.167 e. The van der Waals surface area contributed by atoms with Crippen LogP contribution in [0.25, 0.3) is 0 Å². The molecule has 0 atom stereocenters. The second-order valence-electron chi connectivity index (χ2n) is 7.67. The zero-order chi connectivity index (χ0) is 19.3. The average Bonchev–Trinajstić information content (AvgIpc) is 2.67. The lowest BCUT2D eigenvalue weighted by atomic mass is 9.99. The number of methoxy groups -OCH3 is 2. The van der Waals surface area contributed by atoms with E-state index < -0.39 is 0 Å². The van der Waals surface area contributed by atoms with Crippen molar-refractivity contribution in [3.05, 3.63) is 0 Å². The largest absolute Gasteiger partial charge is 0.381 e. The van der Waals surface area contributed by atoms with E-state index >= 15 is 0 Å². The molecule has 158 valence electrons. The van der Waals surface area contributed by atoms with Crippen LogP contribution in [0, 0.1) is 0 Å². The molecule has 0 radical (unpaired) electrons. The van der Waals surface area contributed by atoms with E-state index in [0.717, 1.165) is 26.1 Å². The molecule has 0 aromatic carbocycles. The molecule has 0 fully saturated rings. The SMILES string of the molecule is CCCCCCOCCCCCCCCC(CCCCCC)(OC)OC. The molecule has 0 heterocycles. The fourth-order valence-electron chi connectivity index (χ4n) is 3.48. The Morgan fingerprint density at radius 2 is 0.885 bits per heavy atom. The second kappa shape index (κ2) is 19.6. The molecular weight excluding hydrogens is 324 g/mol. The molecule has 0 N–H and O–H groups in total. The Kier molecular flexibility index (Phi) is 19.5. The second-order valence-corrected chi connectivity index (χ2v) is 7.67. The fraction of sp³-hybridized carbons (Fsp3) is 1.00. The summed E-state index contributed by atoms with van der Waals surface area (Å²) in [4.78, 5) is 0. The summed E-state index contributed by atoms with van der Waals surface area (Å²) in [5.74, 6) is -0.348. The van der Waals surface area contributed by atoms with Gasteiger partial charge in [-0.15, -0.1) is 0 Å². The average molecular weight is 373 g/mol. The van der Waals surface area contributed by atoms with Crippen molar-refractivity contribution in [3.8, 4) is 0 Å². The lowest BCUT2D eigenvalue weighted by Crippen LogP contribution is -2.33. The molecular formula is C23H48O3. The van der Waals surface area contributed by atoms with Crippen molar-refractivity contribution >= 4 is 0 Å². The molecule has 0 amide bonds. The first kappa shape index (κ1) is 25.9. The Balaban J connectivity index is 3.52. The lowest BCUT2D eigenvalue weighted by molar-refractivity contribution is -0.216. The van der Waals surface area contributed by atoms with Gasteiger partial charge in [0.25, 0.3) is 0 Å². The Morgan fingerprint density at radius 1 is 0.500 bits per heavy atom. The van der Waals surface area contributed by atoms with E-state index in [0.29, 0.717) is 0 Å². The molecule has 0 aromatic heterocycles. The third-order valence-electron chi connectivity index (χ3n) is 5.39. The minimum atomic E-state index is -0.348. The third-order valence-corrected chi connectivity index (χ3v) is 5.39. The molecule has 0 aromatic rings. The highest BCUT2D eigenvalue weighted by atomic mass is 16.7. The van der Waals surface area contributed by atoms with Crippen LogP contribution in [0.4, 0.5) is 0 Å². The topological polar surface area (TPSA) is 27.7 Å². The Morgan fingerprint density at radius 3 is 1.35 bits per heavy atom. The van der Waals surface area contributed by atoms with Crippen molar-refractivity contribution in [2.45, 2.75) is 122 Å². The maximum absolute atomic E-state index is 5.74. The quantitative estimate of drug-likeness (QED) is 0.156. The van der Waals surface area contributed by atoms with Crippen LogP contribution in [0.15, 0.2) is 0 Å². The van der Waals surface area contributed by atoms with E-state index in [1.54, 1.807) is 14.2 Å². The van der Waals surface area contributed by atoms with Gasteiger partial charge in [-0.05, 0) is 25.7 Å². The van der Waals surface area contributed by atoms with Gasteiger partial charge in [0.15, 0.2) is 5.79 Å². The van der Waals surface area contributed by atoms with Crippen LogP contribution in [0.3, 0.4) is 0 Å². The summed E-state index contributed by atoms with van der Waals surface area (Å²) in [6, 6.07) is 0. The normalized spacial score (nSPS) is 12.0. The van der Waals surface area contributed by atoms with Gasteiger partial charge in [0, 0.05) is 40.3 Å². The molecule has 0 aliphatic heterocycles. The van der Waals surface area contributed by atoms with E-state index in [1.807, 2.05) is 0 Å². The lowest BCUT2D eigenvalue weighted by Gasteiger charge is -2.31. The minimum Gasteiger partial charge on any atom is -0.381 e. The smallest absolute Gasteiger partial charge is 0.167 e. The molecule has 26 heavy (non-hydrogen) atoms. The number of hydrogen-bond donors (Lipinski definition) is 0. The first-order valence-electron chi connectivity index (χ1n) is 11.4. The zero-order valence-corrected chi connectivity index (χ0v) is 18.5. The summed E-state index contributed by atoms with van der Waals surface area (Å²) in [6.45, 7) is 6.40. The highest BCUT2D eigenvalue weighted by Crippen LogP contribution is 2.27. The van der Waals surface area contributed by atoms with Crippen molar-refractivity contribution in [1.29, 1.82) is 0 Å². The van der Waals surface area contributed by atoms with Crippen LogP contribution in [0.5, 0.6) is 0 Å². The van der Waals surface area contributed by atoms with Gasteiger partial charge in [0.05, 0.1) is 0 Å². The van der Waals surface area contributed by atoms with E-state index in [-0.39, 0.29) is 5.79 Å². The number of unbranched alkanes of at least 4 members (excludes halogenated alkanes) is 11. The van der Waals surface area contributed by atoms with Crippen molar-refractivity contribution < 1.29 is 14.2 Å². The predicted molar refractivity (Wildman–Crippen MR) is 113 cm³/mol. The highest BCUT2D eigenvalue weighted by Gasteiger charge is 2.28. The third kappa shape index (κ3) is 15.0. The van der Waals surface area contributed by atoms with E-state index in [2.05, 4.69) is 13.8 Å². The molecule has 0 aliphatic carbocycles. The Bertz CT molecular complexity index is 264. The summed E-state index contributed by atoms with van der Waals surface area (Å²) in [6.07, 6.45) is 19.9. The summed E-state index contributed by atoms with van der Waals surface area (Å²) in [5.41, 5.74) is 0. The van der Waals surface area contributed by atoms with Crippen molar-refractivity contribution in [2.24, 2.45) is 0 Å². The standard InChI is InChI=1S/C23H48O3/c1-5-7-9-15-19-23(24-3,25-4)20-16-13-11-12-14-18-22-26-21-17-10-8-6-2/h5-22H2,1-4H3. The molecule has 0 saturated carbocycles. The Hall–Kier alpha value is -0.120.